The van der Waals surface area contributed by atoms with Crippen LogP contribution in [0.4, 0.5) is 10.1 Å². The second-order valence-corrected chi connectivity index (χ2v) is 6.64. The third kappa shape index (κ3) is 5.11. The Balaban J connectivity index is 1.87. The van der Waals surface area contributed by atoms with E-state index >= 15 is 4.39 Å². The van der Waals surface area contributed by atoms with Crippen LogP contribution < -0.4 is 4.90 Å². The molecule has 0 aliphatic heterocycles. The third-order valence-electron chi connectivity index (χ3n) is 4.59. The molecule has 29 heavy (non-hydrogen) atoms. The fourth-order valence-electron chi connectivity index (χ4n) is 3.13. The van der Waals surface area contributed by atoms with Crippen LogP contribution in [0.15, 0.2) is 90.8 Å². The number of nitrogens with zero attached hydrogens (tertiary/aromatic N) is 1. The van der Waals surface area contributed by atoms with E-state index in [0.717, 1.165) is 16.8 Å². The molecular weight excluding hydrogens is 365 g/mol. The maximum absolute atomic E-state index is 15.4. The fraction of sp³-hybridized carbons (Fsp3) is 0.160. The highest BCUT2D eigenvalue weighted by Gasteiger charge is 2.15. The molecule has 3 aromatic rings. The van der Waals surface area contributed by atoms with Crippen molar-refractivity contribution in [3.8, 4) is 0 Å². The Morgan fingerprint density at radius 1 is 0.828 bits per heavy atom. The number of anilines is 1. The van der Waals surface area contributed by atoms with Gasteiger partial charge in [0.25, 0.3) is 0 Å². The first-order valence-electron chi connectivity index (χ1n) is 9.58. The topological polar surface area (TPSA) is 29.5 Å². The van der Waals surface area contributed by atoms with E-state index in [2.05, 4.69) is 0 Å². The molecule has 0 N–H and O–H groups in total. The first kappa shape index (κ1) is 20.3. The Morgan fingerprint density at radius 3 is 1.83 bits per heavy atom. The molecule has 3 nitrogen and oxygen atoms in total. The number of benzene rings is 3. The van der Waals surface area contributed by atoms with E-state index in [1.807, 2.05) is 72.6 Å². The number of likely N-dealkylation sites (N-methyl/N-ethyl adjacent to an activating group) is 1. The summed E-state index contributed by atoms with van der Waals surface area (Å²) in [5.74, 6) is -0.581. The van der Waals surface area contributed by atoms with Crippen molar-refractivity contribution in [1.82, 2.24) is 0 Å². The van der Waals surface area contributed by atoms with Gasteiger partial charge in [-0.25, -0.2) is 9.18 Å². The largest absolute Gasteiger partial charge is 0.462 e. The van der Waals surface area contributed by atoms with E-state index in [9.17, 15) is 4.79 Å². The Bertz CT molecular complexity index is 925. The number of esters is 1. The quantitative estimate of drug-likeness (QED) is 0.484. The SMILES string of the molecule is CCOC(=O)c1ccc(N(C)CC(F)=C(c2ccccc2)c2ccccc2)cc1. The molecule has 0 heterocycles. The van der Waals surface area contributed by atoms with Crippen molar-refractivity contribution in [2.24, 2.45) is 0 Å². The lowest BCUT2D eigenvalue weighted by Gasteiger charge is -2.20. The molecule has 0 saturated heterocycles. The van der Waals surface area contributed by atoms with E-state index < -0.39 is 0 Å². The van der Waals surface area contributed by atoms with Crippen molar-refractivity contribution in [2.45, 2.75) is 6.92 Å². The van der Waals surface area contributed by atoms with Gasteiger partial charge in [-0.3, -0.25) is 0 Å². The molecule has 148 valence electrons. The molecule has 0 aliphatic rings. The smallest absolute Gasteiger partial charge is 0.338 e. The van der Waals surface area contributed by atoms with Gasteiger partial charge in [0.1, 0.15) is 5.83 Å². The maximum Gasteiger partial charge on any atom is 0.338 e. The Morgan fingerprint density at radius 2 is 1.34 bits per heavy atom. The van der Waals surface area contributed by atoms with Crippen LogP contribution in [0.1, 0.15) is 28.4 Å². The van der Waals surface area contributed by atoms with Gasteiger partial charge < -0.3 is 9.64 Å². The summed E-state index contributed by atoms with van der Waals surface area (Å²) < 4.78 is 20.4. The van der Waals surface area contributed by atoms with Crippen molar-refractivity contribution in [2.75, 3.05) is 25.1 Å². The van der Waals surface area contributed by atoms with Crippen molar-refractivity contribution in [1.29, 1.82) is 0 Å². The predicted octanol–water partition coefficient (Wildman–Crippen LogP) is 5.73. The zero-order valence-corrected chi connectivity index (χ0v) is 16.6. The minimum atomic E-state index is -0.358. The summed E-state index contributed by atoms with van der Waals surface area (Å²) in [6.07, 6.45) is 0. The predicted molar refractivity (Wildman–Crippen MR) is 116 cm³/mol. The lowest BCUT2D eigenvalue weighted by atomic mass is 9.97. The molecule has 0 atom stereocenters. The molecule has 0 unspecified atom stereocenters. The summed E-state index contributed by atoms with van der Waals surface area (Å²) in [5.41, 5.74) is 3.55. The second kappa shape index (κ2) is 9.69. The van der Waals surface area contributed by atoms with Crippen molar-refractivity contribution >= 4 is 17.2 Å². The highest BCUT2D eigenvalue weighted by atomic mass is 19.1. The lowest BCUT2D eigenvalue weighted by molar-refractivity contribution is 0.0526. The molecule has 0 amide bonds. The fourth-order valence-corrected chi connectivity index (χ4v) is 3.13. The standard InChI is InChI=1S/C25H24FNO2/c1-3-29-25(28)21-14-16-22(17-15-21)27(2)18-23(26)24(19-10-6-4-7-11-19)20-12-8-5-9-13-20/h4-17H,3,18H2,1-2H3. The summed E-state index contributed by atoms with van der Waals surface area (Å²) in [4.78, 5) is 13.6. The van der Waals surface area contributed by atoms with Gasteiger partial charge in [0.2, 0.25) is 0 Å². The Hall–Kier alpha value is -3.40. The van der Waals surface area contributed by atoms with Crippen LogP contribution in [0.25, 0.3) is 5.57 Å². The van der Waals surface area contributed by atoms with Gasteiger partial charge in [-0.05, 0) is 42.3 Å². The van der Waals surface area contributed by atoms with Crippen LogP contribution >= 0.6 is 0 Å². The normalized spacial score (nSPS) is 10.3. The Labute approximate surface area is 171 Å². The second-order valence-electron chi connectivity index (χ2n) is 6.64. The van der Waals surface area contributed by atoms with Crippen LogP contribution in [0, 0.1) is 0 Å². The third-order valence-corrected chi connectivity index (χ3v) is 4.59. The van der Waals surface area contributed by atoms with Crippen LogP contribution in [0.3, 0.4) is 0 Å². The van der Waals surface area contributed by atoms with Gasteiger partial charge in [0.05, 0.1) is 18.7 Å². The van der Waals surface area contributed by atoms with Crippen molar-refractivity contribution in [3.63, 3.8) is 0 Å². The van der Waals surface area contributed by atoms with Crippen LogP contribution in [-0.4, -0.2) is 26.2 Å². The summed E-state index contributed by atoms with van der Waals surface area (Å²) in [6.45, 7) is 2.21. The average Bonchev–Trinajstić information content (AvgIpc) is 2.75. The number of halogens is 1. The minimum Gasteiger partial charge on any atom is -0.462 e. The molecule has 0 aliphatic carbocycles. The summed E-state index contributed by atoms with van der Waals surface area (Å²) in [6, 6.07) is 26.1. The Kier molecular flexibility index (Phi) is 6.80. The lowest BCUT2D eigenvalue weighted by Crippen LogP contribution is -2.20. The van der Waals surface area contributed by atoms with Gasteiger partial charge in [-0.2, -0.15) is 0 Å². The van der Waals surface area contributed by atoms with Crippen molar-refractivity contribution < 1.29 is 13.9 Å². The van der Waals surface area contributed by atoms with E-state index in [1.165, 1.54) is 0 Å². The number of ether oxygens (including phenoxy) is 1. The maximum atomic E-state index is 15.4. The van der Waals surface area contributed by atoms with Crippen LogP contribution in [0.5, 0.6) is 0 Å². The number of hydrogen-bond donors (Lipinski definition) is 0. The van der Waals surface area contributed by atoms with E-state index in [0.29, 0.717) is 17.7 Å². The number of carbonyl (C=O) groups excluding carboxylic acids is 1. The number of rotatable bonds is 7. The van der Waals surface area contributed by atoms with E-state index in [4.69, 9.17) is 4.74 Å². The molecule has 0 aromatic heterocycles. The van der Waals surface area contributed by atoms with Crippen molar-refractivity contribution in [3.05, 3.63) is 107 Å². The summed E-state index contributed by atoms with van der Waals surface area (Å²) in [7, 11) is 1.83. The molecular formula is C25H24FNO2. The first-order chi connectivity index (χ1) is 14.1. The van der Waals surface area contributed by atoms with Crippen LogP contribution in [0.2, 0.25) is 0 Å². The average molecular weight is 389 g/mol. The molecule has 4 heteroatoms. The summed E-state index contributed by atoms with van der Waals surface area (Å²) >= 11 is 0. The highest BCUT2D eigenvalue weighted by Crippen LogP contribution is 2.29. The molecule has 0 radical (unpaired) electrons. The first-order valence-corrected chi connectivity index (χ1v) is 9.58. The zero-order valence-electron chi connectivity index (χ0n) is 16.6. The van der Waals surface area contributed by atoms with Gasteiger partial charge in [0, 0.05) is 18.3 Å². The van der Waals surface area contributed by atoms with Gasteiger partial charge in [-0.15, -0.1) is 0 Å². The van der Waals surface area contributed by atoms with Gasteiger partial charge >= 0.3 is 5.97 Å². The molecule has 3 aromatic carbocycles. The number of hydrogen-bond acceptors (Lipinski definition) is 3. The summed E-state index contributed by atoms with van der Waals surface area (Å²) in [5, 5.41) is 0. The van der Waals surface area contributed by atoms with Gasteiger partial charge in [-0.1, -0.05) is 60.7 Å². The molecule has 0 fully saturated rings. The molecule has 0 saturated carbocycles. The molecule has 0 spiro atoms. The molecule has 0 bridgehead atoms. The monoisotopic (exact) mass is 389 g/mol. The van der Waals surface area contributed by atoms with Gasteiger partial charge in [0.15, 0.2) is 0 Å². The number of carbonyl (C=O) groups is 1. The molecule has 3 rings (SSSR count). The van der Waals surface area contributed by atoms with Crippen LogP contribution in [-0.2, 0) is 4.74 Å². The zero-order chi connectivity index (χ0) is 20.6. The minimum absolute atomic E-state index is 0.109. The van der Waals surface area contributed by atoms with E-state index in [1.54, 1.807) is 31.2 Å². The van der Waals surface area contributed by atoms with E-state index in [-0.39, 0.29) is 18.3 Å². The highest BCUT2D eigenvalue weighted by molar-refractivity contribution is 5.89.